The minimum atomic E-state index is 0.347. The molecule has 0 aliphatic heterocycles. The molecule has 0 aromatic carbocycles. The van der Waals surface area contributed by atoms with Crippen molar-refractivity contribution in [1.82, 2.24) is 5.32 Å². The van der Waals surface area contributed by atoms with E-state index < -0.39 is 0 Å². The number of nitrogens with one attached hydrogen (secondary N) is 1. The van der Waals surface area contributed by atoms with Gasteiger partial charge < -0.3 is 5.32 Å². The van der Waals surface area contributed by atoms with Gasteiger partial charge in [-0.05, 0) is 68.2 Å². The maximum Gasteiger partial charge on any atom is 0.0720 e. The van der Waals surface area contributed by atoms with Crippen LogP contribution in [-0.2, 0) is 0 Å². The second-order valence-electron chi connectivity index (χ2n) is 6.21. The zero-order chi connectivity index (χ0) is 11.1. The van der Waals surface area contributed by atoms with E-state index in [0.717, 1.165) is 36.1 Å². The highest BCUT2D eigenvalue weighted by atomic mass is 14.9. The summed E-state index contributed by atoms with van der Waals surface area (Å²) in [6.07, 6.45) is 13.1. The average molecular weight is 217 g/mol. The van der Waals surface area contributed by atoms with Crippen LogP contribution in [0.25, 0.3) is 0 Å². The van der Waals surface area contributed by atoms with Gasteiger partial charge in [-0.25, -0.2) is 0 Å². The van der Waals surface area contributed by atoms with Gasteiger partial charge in [0.05, 0.1) is 6.04 Å². The molecule has 0 aromatic heterocycles. The van der Waals surface area contributed by atoms with E-state index in [1.807, 2.05) is 0 Å². The number of rotatable bonds is 3. The van der Waals surface area contributed by atoms with Gasteiger partial charge in [0.1, 0.15) is 0 Å². The van der Waals surface area contributed by atoms with Crippen molar-refractivity contribution >= 4 is 0 Å². The highest BCUT2D eigenvalue weighted by Crippen LogP contribution is 2.57. The first kappa shape index (κ1) is 10.7. The Bertz CT molecular complexity index is 273. The van der Waals surface area contributed by atoms with Gasteiger partial charge in [0.2, 0.25) is 0 Å². The predicted octanol–water partition coefficient (Wildman–Crippen LogP) is 2.67. The number of hydrogen-bond donors (Lipinski definition) is 1. The first-order chi connectivity index (χ1) is 7.81. The Morgan fingerprint density at radius 2 is 1.69 bits per heavy atom. The fourth-order valence-corrected chi connectivity index (χ4v) is 5.04. The third-order valence-corrected chi connectivity index (χ3v) is 5.29. The summed E-state index contributed by atoms with van der Waals surface area (Å²) < 4.78 is 0. The van der Waals surface area contributed by atoms with Crippen LogP contribution in [0.15, 0.2) is 0 Å². The molecule has 0 heterocycles. The normalized spacial score (nSPS) is 46.6. The summed E-state index contributed by atoms with van der Waals surface area (Å²) in [6.45, 7) is 3.18. The lowest BCUT2D eigenvalue weighted by molar-refractivity contribution is -0.0438. The van der Waals surface area contributed by atoms with Crippen molar-refractivity contribution in [1.29, 1.82) is 0 Å². The molecule has 1 N–H and O–H groups in total. The Balaban J connectivity index is 1.78. The van der Waals surface area contributed by atoms with E-state index in [2.05, 4.69) is 18.2 Å². The largest absolute Gasteiger partial charge is 0.304 e. The molecule has 4 rings (SSSR count). The second-order valence-corrected chi connectivity index (χ2v) is 6.21. The van der Waals surface area contributed by atoms with Crippen molar-refractivity contribution in [2.75, 3.05) is 6.54 Å². The summed E-state index contributed by atoms with van der Waals surface area (Å²) in [7, 11) is 0. The van der Waals surface area contributed by atoms with Crippen LogP contribution in [0.4, 0.5) is 0 Å². The van der Waals surface area contributed by atoms with Gasteiger partial charge in [-0.15, -0.1) is 6.42 Å². The fraction of sp³-hybridized carbons (Fsp3) is 0.867. The van der Waals surface area contributed by atoms with E-state index in [0.29, 0.717) is 6.04 Å². The van der Waals surface area contributed by atoms with E-state index >= 15 is 0 Å². The smallest absolute Gasteiger partial charge is 0.0720 e. The third-order valence-electron chi connectivity index (χ3n) is 5.29. The molecule has 16 heavy (non-hydrogen) atoms. The van der Waals surface area contributed by atoms with Gasteiger partial charge in [0.25, 0.3) is 0 Å². The number of hydrogen-bond acceptors (Lipinski definition) is 1. The van der Waals surface area contributed by atoms with E-state index in [1.54, 1.807) is 0 Å². The molecule has 4 saturated carbocycles. The monoisotopic (exact) mass is 217 g/mol. The number of terminal acetylenes is 1. The molecule has 4 aliphatic carbocycles. The highest BCUT2D eigenvalue weighted by molar-refractivity contribution is 5.10. The minimum absolute atomic E-state index is 0.347. The van der Waals surface area contributed by atoms with Crippen LogP contribution in [0, 0.1) is 41.9 Å². The zero-order valence-corrected chi connectivity index (χ0v) is 10.3. The van der Waals surface area contributed by atoms with Crippen LogP contribution in [0.3, 0.4) is 0 Å². The van der Waals surface area contributed by atoms with Gasteiger partial charge in [0.15, 0.2) is 0 Å². The standard InChI is InChI=1S/C15H23N/c1-3-14(16-4-2)15-12-6-10-5-11(8-12)9-13(15)7-10/h1,10-16H,4-9H2,2H3. The Labute approximate surface area is 99.4 Å². The van der Waals surface area contributed by atoms with Crippen LogP contribution in [0.1, 0.15) is 39.0 Å². The van der Waals surface area contributed by atoms with Gasteiger partial charge in [0, 0.05) is 0 Å². The first-order valence-corrected chi connectivity index (χ1v) is 7.01. The van der Waals surface area contributed by atoms with E-state index in [1.165, 1.54) is 32.1 Å². The zero-order valence-electron chi connectivity index (χ0n) is 10.3. The molecule has 0 saturated heterocycles. The van der Waals surface area contributed by atoms with Crippen LogP contribution in [0.5, 0.6) is 0 Å². The molecule has 1 unspecified atom stereocenters. The van der Waals surface area contributed by atoms with E-state index in [-0.39, 0.29) is 0 Å². The van der Waals surface area contributed by atoms with Crippen LogP contribution >= 0.6 is 0 Å². The molecule has 1 atom stereocenters. The molecular weight excluding hydrogens is 194 g/mol. The molecule has 1 heteroatoms. The molecule has 0 aromatic rings. The maximum absolute atomic E-state index is 5.73. The molecule has 0 radical (unpaired) electrons. The quantitative estimate of drug-likeness (QED) is 0.717. The summed E-state index contributed by atoms with van der Waals surface area (Å²) in [5.74, 6) is 7.80. The second kappa shape index (κ2) is 4.08. The van der Waals surface area contributed by atoms with Crippen LogP contribution in [-0.4, -0.2) is 12.6 Å². The van der Waals surface area contributed by atoms with Crippen molar-refractivity contribution in [2.45, 2.75) is 45.1 Å². The topological polar surface area (TPSA) is 12.0 Å². The predicted molar refractivity (Wildman–Crippen MR) is 66.8 cm³/mol. The Morgan fingerprint density at radius 3 is 2.12 bits per heavy atom. The summed E-state index contributed by atoms with van der Waals surface area (Å²) in [4.78, 5) is 0. The van der Waals surface area contributed by atoms with Crippen molar-refractivity contribution in [3.8, 4) is 12.3 Å². The molecule has 4 aliphatic rings. The molecule has 0 spiro atoms. The van der Waals surface area contributed by atoms with Crippen molar-refractivity contribution in [3.63, 3.8) is 0 Å². The van der Waals surface area contributed by atoms with Crippen molar-refractivity contribution in [2.24, 2.45) is 29.6 Å². The minimum Gasteiger partial charge on any atom is -0.304 e. The molecule has 0 amide bonds. The summed E-state index contributed by atoms with van der Waals surface area (Å²) in [5.41, 5.74) is 0. The molecule has 1 nitrogen and oxygen atoms in total. The van der Waals surface area contributed by atoms with E-state index in [9.17, 15) is 0 Å². The average Bonchev–Trinajstić information content (AvgIpc) is 2.26. The summed E-state index contributed by atoms with van der Waals surface area (Å²) in [6, 6.07) is 0.347. The molecule has 4 fully saturated rings. The Morgan fingerprint density at radius 1 is 1.12 bits per heavy atom. The van der Waals surface area contributed by atoms with Gasteiger partial charge >= 0.3 is 0 Å². The fourth-order valence-electron chi connectivity index (χ4n) is 5.04. The SMILES string of the molecule is C#CC(NCC)C1C2CC3CC(C2)CC1C3. The van der Waals surface area contributed by atoms with Crippen LogP contribution in [0.2, 0.25) is 0 Å². The van der Waals surface area contributed by atoms with Crippen LogP contribution < -0.4 is 5.32 Å². The molecule has 88 valence electrons. The molecular formula is C15H23N. The Kier molecular flexibility index (Phi) is 2.72. The Hall–Kier alpha value is -0.480. The van der Waals surface area contributed by atoms with Gasteiger partial charge in [-0.3, -0.25) is 0 Å². The van der Waals surface area contributed by atoms with Gasteiger partial charge in [-0.2, -0.15) is 0 Å². The molecule has 4 bridgehead atoms. The lowest BCUT2D eigenvalue weighted by Crippen LogP contribution is -2.52. The van der Waals surface area contributed by atoms with E-state index in [4.69, 9.17) is 6.42 Å². The van der Waals surface area contributed by atoms with Crippen molar-refractivity contribution < 1.29 is 0 Å². The third kappa shape index (κ3) is 1.59. The maximum atomic E-state index is 5.73. The highest BCUT2D eigenvalue weighted by Gasteiger charge is 2.50. The summed E-state index contributed by atoms with van der Waals surface area (Å²) in [5, 5.41) is 3.52. The lowest BCUT2D eigenvalue weighted by atomic mass is 9.50. The van der Waals surface area contributed by atoms with Crippen molar-refractivity contribution in [3.05, 3.63) is 0 Å². The van der Waals surface area contributed by atoms with Gasteiger partial charge in [-0.1, -0.05) is 12.8 Å². The first-order valence-electron chi connectivity index (χ1n) is 7.01. The summed E-state index contributed by atoms with van der Waals surface area (Å²) >= 11 is 0. The lowest BCUT2D eigenvalue weighted by Gasteiger charge is -2.55.